The summed E-state index contributed by atoms with van der Waals surface area (Å²) < 4.78 is 0. The highest BCUT2D eigenvalue weighted by Crippen LogP contribution is 2.14. The normalized spacial score (nSPS) is 12.1. The molecule has 5 nitrogen and oxygen atoms in total. The van der Waals surface area contributed by atoms with Crippen LogP contribution in [-0.4, -0.2) is 41.3 Å². The van der Waals surface area contributed by atoms with Gasteiger partial charge in [-0.25, -0.2) is 4.79 Å². The van der Waals surface area contributed by atoms with E-state index in [0.717, 1.165) is 4.90 Å². The Balaban J connectivity index is 3.09. The van der Waals surface area contributed by atoms with E-state index in [9.17, 15) is 14.4 Å². The van der Waals surface area contributed by atoms with Gasteiger partial charge in [-0.3, -0.25) is 9.59 Å². The Morgan fingerprint density at radius 2 is 1.95 bits per heavy atom. The van der Waals surface area contributed by atoms with Crippen molar-refractivity contribution in [1.29, 1.82) is 0 Å². The third-order valence-corrected chi connectivity index (χ3v) is 2.80. The molecule has 1 N–H and O–H groups in total. The molecular weight excluding hydrogens is 246 g/mol. The average Bonchev–Trinajstić information content (AvgIpc) is 2.42. The van der Waals surface area contributed by atoms with Crippen molar-refractivity contribution in [3.63, 3.8) is 0 Å². The minimum absolute atomic E-state index is 0.358. The lowest BCUT2D eigenvalue weighted by atomic mass is 10.1. The van der Waals surface area contributed by atoms with E-state index in [1.807, 2.05) is 0 Å². The number of likely N-dealkylation sites (N-methyl/N-ethyl adjacent to an activating group) is 1. The fraction of sp³-hybridized carbons (Fsp3) is 0.214. The molecule has 0 heterocycles. The molecule has 1 unspecified atom stereocenters. The van der Waals surface area contributed by atoms with Gasteiger partial charge in [-0.15, -0.1) is 0 Å². The van der Waals surface area contributed by atoms with Crippen LogP contribution >= 0.6 is 0 Å². The van der Waals surface area contributed by atoms with Crippen LogP contribution in [-0.2, 0) is 9.59 Å². The highest BCUT2D eigenvalue weighted by atomic mass is 16.4. The van der Waals surface area contributed by atoms with Crippen molar-refractivity contribution in [3.05, 3.63) is 41.5 Å². The molecule has 0 saturated carbocycles. The molecule has 5 heteroatoms. The van der Waals surface area contributed by atoms with E-state index in [4.69, 9.17) is 5.11 Å². The third-order valence-electron chi connectivity index (χ3n) is 2.80. The molecule has 19 heavy (non-hydrogen) atoms. The number of hydrogen-bond acceptors (Lipinski definition) is 3. The fourth-order valence-electron chi connectivity index (χ4n) is 1.51. The summed E-state index contributed by atoms with van der Waals surface area (Å²) in [6.45, 7) is 1.43. The number of amides is 1. The maximum Gasteiger partial charge on any atom is 0.326 e. The van der Waals surface area contributed by atoms with Crippen molar-refractivity contribution < 1.29 is 19.5 Å². The van der Waals surface area contributed by atoms with Crippen LogP contribution in [0.4, 0.5) is 0 Å². The third kappa shape index (κ3) is 3.51. The second-order valence-corrected chi connectivity index (χ2v) is 4.01. The lowest BCUT2D eigenvalue weighted by Crippen LogP contribution is -2.40. The predicted molar refractivity (Wildman–Crippen MR) is 70.7 cm³/mol. The van der Waals surface area contributed by atoms with Gasteiger partial charge in [0.15, 0.2) is 0 Å². The smallest absolute Gasteiger partial charge is 0.326 e. The summed E-state index contributed by atoms with van der Waals surface area (Å²) in [6, 6.07) is 5.78. The molecule has 0 aliphatic rings. The molecule has 100 valence electrons. The van der Waals surface area contributed by atoms with Crippen molar-refractivity contribution in [2.24, 2.45) is 0 Å². The minimum Gasteiger partial charge on any atom is -0.480 e. The second-order valence-electron chi connectivity index (χ2n) is 4.01. The number of benzene rings is 1. The molecular formula is C14H15NO4. The van der Waals surface area contributed by atoms with Crippen LogP contribution in [0.3, 0.4) is 0 Å². The standard InChI is InChI=1S/C14H15NO4/c1-10(14(18)19)15(2)13(17)12-8-4-3-6-11(12)7-5-9-16/h3-10H,1-2H3,(H,18,19)/b7-5+. The van der Waals surface area contributed by atoms with E-state index >= 15 is 0 Å². The lowest BCUT2D eigenvalue weighted by molar-refractivity contribution is -0.141. The number of aldehydes is 1. The molecule has 0 aromatic heterocycles. The molecule has 0 aliphatic heterocycles. The summed E-state index contributed by atoms with van der Waals surface area (Å²) >= 11 is 0. The van der Waals surface area contributed by atoms with Crippen LogP contribution in [0.2, 0.25) is 0 Å². The summed E-state index contributed by atoms with van der Waals surface area (Å²) in [6.07, 6.45) is 3.41. The van der Waals surface area contributed by atoms with E-state index in [0.29, 0.717) is 17.4 Å². The first-order valence-corrected chi connectivity index (χ1v) is 5.70. The first-order valence-electron chi connectivity index (χ1n) is 5.70. The van der Waals surface area contributed by atoms with Gasteiger partial charge in [0.05, 0.1) is 0 Å². The molecule has 1 atom stereocenters. The quantitative estimate of drug-likeness (QED) is 0.643. The van der Waals surface area contributed by atoms with E-state index in [2.05, 4.69) is 0 Å². The van der Waals surface area contributed by atoms with Crippen molar-refractivity contribution >= 4 is 24.2 Å². The van der Waals surface area contributed by atoms with Gasteiger partial charge in [0.25, 0.3) is 5.91 Å². The van der Waals surface area contributed by atoms with Crippen LogP contribution in [0.15, 0.2) is 30.3 Å². The summed E-state index contributed by atoms with van der Waals surface area (Å²) in [5, 5.41) is 8.90. The Morgan fingerprint density at radius 3 is 2.53 bits per heavy atom. The van der Waals surface area contributed by atoms with Gasteiger partial charge in [0.2, 0.25) is 0 Å². The molecule has 0 aliphatic carbocycles. The zero-order valence-electron chi connectivity index (χ0n) is 10.7. The van der Waals surface area contributed by atoms with Gasteiger partial charge in [-0.2, -0.15) is 0 Å². The van der Waals surface area contributed by atoms with Crippen molar-refractivity contribution in [2.75, 3.05) is 7.05 Å². The predicted octanol–water partition coefficient (Wildman–Crippen LogP) is 1.44. The van der Waals surface area contributed by atoms with E-state index in [1.54, 1.807) is 24.3 Å². The molecule has 1 aromatic rings. The van der Waals surface area contributed by atoms with Crippen molar-refractivity contribution in [3.8, 4) is 0 Å². The van der Waals surface area contributed by atoms with Gasteiger partial charge in [-0.1, -0.05) is 24.3 Å². The molecule has 1 rings (SSSR count). The van der Waals surface area contributed by atoms with E-state index in [1.165, 1.54) is 26.1 Å². The fourth-order valence-corrected chi connectivity index (χ4v) is 1.51. The van der Waals surface area contributed by atoms with E-state index in [-0.39, 0.29) is 0 Å². The van der Waals surface area contributed by atoms with Gasteiger partial charge in [-0.05, 0) is 24.6 Å². The number of allylic oxidation sites excluding steroid dienone is 1. The molecule has 0 spiro atoms. The monoisotopic (exact) mass is 261 g/mol. The van der Waals surface area contributed by atoms with Gasteiger partial charge < -0.3 is 10.0 Å². The van der Waals surface area contributed by atoms with Gasteiger partial charge in [0, 0.05) is 12.6 Å². The Morgan fingerprint density at radius 1 is 1.32 bits per heavy atom. The largest absolute Gasteiger partial charge is 0.480 e. The molecule has 0 saturated heterocycles. The number of carbonyl (C=O) groups excluding carboxylic acids is 2. The SMILES string of the molecule is CC(C(=O)O)N(C)C(=O)c1ccccc1/C=C/C=O. The number of aliphatic carboxylic acids is 1. The summed E-state index contributed by atoms with van der Waals surface area (Å²) in [4.78, 5) is 34.6. The maximum atomic E-state index is 12.2. The van der Waals surface area contributed by atoms with Crippen LogP contribution in [0, 0.1) is 0 Å². The Kier molecular flexibility index (Phi) is 5.00. The molecule has 1 amide bonds. The highest BCUT2D eigenvalue weighted by Gasteiger charge is 2.23. The zero-order chi connectivity index (χ0) is 14.4. The van der Waals surface area contributed by atoms with Crippen LogP contribution in [0.25, 0.3) is 6.08 Å². The van der Waals surface area contributed by atoms with Crippen molar-refractivity contribution in [2.45, 2.75) is 13.0 Å². The zero-order valence-corrected chi connectivity index (χ0v) is 10.7. The number of rotatable bonds is 5. The van der Waals surface area contributed by atoms with E-state index < -0.39 is 17.9 Å². The summed E-state index contributed by atoms with van der Waals surface area (Å²) in [5.74, 6) is -1.47. The maximum absolute atomic E-state index is 12.2. The molecule has 0 bridgehead atoms. The molecule has 0 radical (unpaired) electrons. The molecule has 0 fully saturated rings. The summed E-state index contributed by atoms with van der Waals surface area (Å²) in [7, 11) is 1.43. The second kappa shape index (κ2) is 6.49. The van der Waals surface area contributed by atoms with Crippen LogP contribution in [0.1, 0.15) is 22.8 Å². The van der Waals surface area contributed by atoms with Gasteiger partial charge >= 0.3 is 5.97 Å². The number of carbonyl (C=O) groups is 3. The van der Waals surface area contributed by atoms with Gasteiger partial charge in [0.1, 0.15) is 12.3 Å². The summed E-state index contributed by atoms with van der Waals surface area (Å²) in [5.41, 5.74) is 0.931. The van der Waals surface area contributed by atoms with Crippen LogP contribution in [0.5, 0.6) is 0 Å². The van der Waals surface area contributed by atoms with Crippen molar-refractivity contribution in [1.82, 2.24) is 4.90 Å². The number of carboxylic acids is 1. The number of carboxylic acid groups (broad SMARTS) is 1. The Bertz CT molecular complexity index is 522. The highest BCUT2D eigenvalue weighted by molar-refractivity contribution is 5.99. The number of nitrogens with zero attached hydrogens (tertiary/aromatic N) is 1. The first kappa shape index (κ1) is 14.6. The van der Waals surface area contributed by atoms with Crippen LogP contribution < -0.4 is 0 Å². The topological polar surface area (TPSA) is 74.7 Å². The first-order chi connectivity index (χ1) is 8.99. The minimum atomic E-state index is -1.07. The number of hydrogen-bond donors (Lipinski definition) is 1. The Labute approximate surface area is 111 Å². The Hall–Kier alpha value is -2.43. The molecule has 1 aromatic carbocycles. The average molecular weight is 261 g/mol. The lowest BCUT2D eigenvalue weighted by Gasteiger charge is -2.22.